The van der Waals surface area contributed by atoms with Gasteiger partial charge in [0.05, 0.1) is 29.1 Å². The zero-order valence-corrected chi connectivity index (χ0v) is 20.5. The quantitative estimate of drug-likeness (QED) is 0.569. The van der Waals surface area contributed by atoms with Crippen molar-refractivity contribution in [2.75, 3.05) is 31.3 Å². The molecular formula is C21H25Cl2N3O5S. The van der Waals surface area contributed by atoms with Crippen molar-refractivity contribution in [1.29, 1.82) is 0 Å². The number of amides is 2. The van der Waals surface area contributed by atoms with Crippen molar-refractivity contribution in [3.05, 3.63) is 58.1 Å². The second kappa shape index (κ2) is 10.9. The molecule has 1 N–H and O–H groups in total. The van der Waals surface area contributed by atoms with E-state index in [-0.39, 0.29) is 6.54 Å². The van der Waals surface area contributed by atoms with E-state index < -0.39 is 34.4 Å². The predicted molar refractivity (Wildman–Crippen MR) is 126 cm³/mol. The van der Waals surface area contributed by atoms with E-state index >= 15 is 0 Å². The van der Waals surface area contributed by atoms with Gasteiger partial charge < -0.3 is 15.0 Å². The van der Waals surface area contributed by atoms with Gasteiger partial charge in [-0.1, -0.05) is 29.3 Å². The number of sulfonamides is 1. The first-order chi connectivity index (χ1) is 15.0. The topological polar surface area (TPSA) is 96.0 Å². The van der Waals surface area contributed by atoms with Gasteiger partial charge in [-0.2, -0.15) is 0 Å². The number of benzene rings is 2. The van der Waals surface area contributed by atoms with Gasteiger partial charge in [0.1, 0.15) is 18.3 Å². The van der Waals surface area contributed by atoms with Gasteiger partial charge in [0, 0.05) is 13.6 Å². The molecule has 0 aliphatic rings. The summed E-state index contributed by atoms with van der Waals surface area (Å²) < 4.78 is 31.0. The number of anilines is 1. The monoisotopic (exact) mass is 501 g/mol. The maximum absolute atomic E-state index is 13.3. The average Bonchev–Trinajstić information content (AvgIpc) is 2.76. The number of ether oxygens (including phenoxy) is 1. The molecule has 0 heterocycles. The third kappa shape index (κ3) is 6.51. The molecule has 2 aromatic rings. The maximum Gasteiger partial charge on any atom is 0.244 e. The van der Waals surface area contributed by atoms with Gasteiger partial charge in [-0.25, -0.2) is 8.42 Å². The molecule has 0 bridgehead atoms. The summed E-state index contributed by atoms with van der Waals surface area (Å²) in [4.78, 5) is 26.9. The summed E-state index contributed by atoms with van der Waals surface area (Å²) in [6.07, 6.45) is 1.01. The van der Waals surface area contributed by atoms with E-state index in [0.717, 1.165) is 10.6 Å². The van der Waals surface area contributed by atoms with Crippen molar-refractivity contribution in [1.82, 2.24) is 10.2 Å². The number of nitrogens with zero attached hydrogens (tertiary/aromatic N) is 2. The minimum atomic E-state index is -3.80. The summed E-state index contributed by atoms with van der Waals surface area (Å²) in [5.74, 6) is -0.412. The molecule has 0 saturated heterocycles. The first kappa shape index (κ1) is 25.8. The third-order valence-electron chi connectivity index (χ3n) is 4.79. The molecule has 0 aliphatic carbocycles. The minimum absolute atomic E-state index is 0.0323. The molecule has 0 aromatic heterocycles. The molecule has 174 valence electrons. The van der Waals surface area contributed by atoms with Gasteiger partial charge >= 0.3 is 0 Å². The fourth-order valence-corrected chi connectivity index (χ4v) is 4.16. The predicted octanol–water partition coefficient (Wildman–Crippen LogP) is 2.93. The average molecular weight is 502 g/mol. The zero-order chi connectivity index (χ0) is 24.1. The van der Waals surface area contributed by atoms with Gasteiger partial charge in [0.15, 0.2) is 0 Å². The Bertz CT molecular complexity index is 1080. The maximum atomic E-state index is 13.3. The molecule has 0 fully saturated rings. The van der Waals surface area contributed by atoms with E-state index in [0.29, 0.717) is 27.0 Å². The van der Waals surface area contributed by atoms with Crippen LogP contribution < -0.4 is 14.4 Å². The van der Waals surface area contributed by atoms with E-state index in [2.05, 4.69) is 5.32 Å². The summed E-state index contributed by atoms with van der Waals surface area (Å²) in [5, 5.41) is 3.17. The van der Waals surface area contributed by atoms with Gasteiger partial charge in [0.2, 0.25) is 21.8 Å². The number of carbonyl (C=O) groups excluding carboxylic acids is 2. The van der Waals surface area contributed by atoms with Crippen molar-refractivity contribution in [3.8, 4) is 5.75 Å². The third-order valence-corrected chi connectivity index (χ3v) is 6.67. The van der Waals surface area contributed by atoms with Crippen LogP contribution in [-0.4, -0.2) is 58.1 Å². The van der Waals surface area contributed by atoms with Crippen LogP contribution >= 0.6 is 23.2 Å². The van der Waals surface area contributed by atoms with Crippen molar-refractivity contribution >= 4 is 50.7 Å². The molecule has 11 heteroatoms. The molecule has 0 radical (unpaired) electrons. The highest BCUT2D eigenvalue weighted by atomic mass is 35.5. The van der Waals surface area contributed by atoms with Gasteiger partial charge in [-0.15, -0.1) is 0 Å². The Morgan fingerprint density at radius 3 is 2.22 bits per heavy atom. The van der Waals surface area contributed by atoms with Crippen molar-refractivity contribution in [3.63, 3.8) is 0 Å². The molecule has 2 rings (SSSR count). The van der Waals surface area contributed by atoms with E-state index in [1.807, 2.05) is 0 Å². The zero-order valence-electron chi connectivity index (χ0n) is 18.1. The Morgan fingerprint density at radius 2 is 1.72 bits per heavy atom. The molecule has 0 aliphatic heterocycles. The van der Waals surface area contributed by atoms with E-state index in [1.165, 1.54) is 19.1 Å². The van der Waals surface area contributed by atoms with E-state index in [1.54, 1.807) is 49.4 Å². The van der Waals surface area contributed by atoms with Crippen LogP contribution in [-0.2, 0) is 26.2 Å². The second-order valence-electron chi connectivity index (χ2n) is 7.03. The van der Waals surface area contributed by atoms with Crippen LogP contribution in [0.5, 0.6) is 5.75 Å². The number of hydrogen-bond acceptors (Lipinski definition) is 5. The lowest BCUT2D eigenvalue weighted by atomic mass is 10.1. The fraction of sp³-hybridized carbons (Fsp3) is 0.333. The molecule has 8 nitrogen and oxygen atoms in total. The highest BCUT2D eigenvalue weighted by Gasteiger charge is 2.29. The summed E-state index contributed by atoms with van der Waals surface area (Å²) in [7, 11) is -0.844. The van der Waals surface area contributed by atoms with Crippen LogP contribution in [0.15, 0.2) is 42.5 Å². The Morgan fingerprint density at radius 1 is 1.09 bits per heavy atom. The number of methoxy groups -OCH3 is 1. The fourth-order valence-electron chi connectivity index (χ4n) is 2.99. The van der Waals surface area contributed by atoms with Crippen LogP contribution in [0.3, 0.4) is 0 Å². The molecule has 0 unspecified atom stereocenters. The second-order valence-corrected chi connectivity index (χ2v) is 9.75. The normalized spacial score (nSPS) is 12.1. The molecule has 2 aromatic carbocycles. The Hall–Kier alpha value is -2.49. The summed E-state index contributed by atoms with van der Waals surface area (Å²) in [5.41, 5.74) is 0.933. The first-order valence-electron chi connectivity index (χ1n) is 9.54. The van der Waals surface area contributed by atoms with Crippen LogP contribution in [0.1, 0.15) is 12.5 Å². The number of rotatable bonds is 9. The minimum Gasteiger partial charge on any atom is -0.497 e. The van der Waals surface area contributed by atoms with Gasteiger partial charge in [-0.3, -0.25) is 13.9 Å². The lowest BCUT2D eigenvalue weighted by molar-refractivity contribution is -0.139. The van der Waals surface area contributed by atoms with Gasteiger partial charge in [-0.05, 0) is 48.9 Å². The van der Waals surface area contributed by atoms with Crippen LogP contribution in [0.25, 0.3) is 0 Å². The van der Waals surface area contributed by atoms with Gasteiger partial charge in [0.25, 0.3) is 0 Å². The lowest BCUT2D eigenvalue weighted by Gasteiger charge is -2.31. The summed E-state index contributed by atoms with van der Waals surface area (Å²) in [6, 6.07) is 10.3. The Labute approximate surface area is 198 Å². The Balaban J connectivity index is 2.38. The highest BCUT2D eigenvalue weighted by molar-refractivity contribution is 7.92. The number of likely N-dealkylation sites (N-methyl/N-ethyl adjacent to an activating group) is 1. The molecule has 0 spiro atoms. The largest absolute Gasteiger partial charge is 0.497 e. The molecule has 1 atom stereocenters. The standard InChI is InChI=1S/C21H25Cl2N3O5S/c1-14(21(28)24-2)25(12-15-5-10-18(22)19(23)11-15)20(27)13-26(32(4,29)30)16-6-8-17(31-3)9-7-16/h5-11,14H,12-13H2,1-4H3,(H,24,28)/t14-/m1/s1. The van der Waals surface area contributed by atoms with Crippen molar-refractivity contribution in [2.24, 2.45) is 0 Å². The van der Waals surface area contributed by atoms with Crippen LogP contribution in [0, 0.1) is 0 Å². The highest BCUT2D eigenvalue weighted by Crippen LogP contribution is 2.25. The number of hydrogen-bond donors (Lipinski definition) is 1. The van der Waals surface area contributed by atoms with Crippen LogP contribution in [0.4, 0.5) is 5.69 Å². The number of nitrogens with one attached hydrogen (secondary N) is 1. The van der Waals surface area contributed by atoms with Crippen molar-refractivity contribution < 1.29 is 22.7 Å². The molecule has 32 heavy (non-hydrogen) atoms. The van der Waals surface area contributed by atoms with E-state index in [4.69, 9.17) is 27.9 Å². The lowest BCUT2D eigenvalue weighted by Crippen LogP contribution is -2.50. The van der Waals surface area contributed by atoms with E-state index in [9.17, 15) is 18.0 Å². The number of halogens is 2. The Kier molecular flexibility index (Phi) is 8.77. The molecule has 0 saturated carbocycles. The summed E-state index contributed by atoms with van der Waals surface area (Å²) >= 11 is 12.0. The number of carbonyl (C=O) groups is 2. The molecular weight excluding hydrogens is 477 g/mol. The summed E-state index contributed by atoms with van der Waals surface area (Å²) in [6.45, 7) is 1.10. The molecule has 2 amide bonds. The first-order valence-corrected chi connectivity index (χ1v) is 12.1. The smallest absolute Gasteiger partial charge is 0.244 e. The van der Waals surface area contributed by atoms with Crippen molar-refractivity contribution in [2.45, 2.75) is 19.5 Å². The SMILES string of the molecule is CNC(=O)[C@@H](C)N(Cc1ccc(Cl)c(Cl)c1)C(=O)CN(c1ccc(OC)cc1)S(C)(=O)=O. The van der Waals surface area contributed by atoms with Crippen LogP contribution in [0.2, 0.25) is 10.0 Å².